The van der Waals surface area contributed by atoms with Crippen molar-refractivity contribution in [2.75, 3.05) is 33.7 Å². The fraction of sp³-hybridized carbons (Fsp3) is 0.692. The predicted octanol–water partition coefficient (Wildman–Crippen LogP) is 1.85. The Morgan fingerprint density at radius 3 is 2.71 bits per heavy atom. The highest BCUT2D eigenvalue weighted by molar-refractivity contribution is 9.11. The van der Waals surface area contributed by atoms with Crippen LogP contribution < -0.4 is 10.0 Å². The van der Waals surface area contributed by atoms with Gasteiger partial charge in [0.15, 0.2) is 0 Å². The molecule has 0 saturated carbocycles. The molecule has 2 heterocycles. The second-order valence-electron chi connectivity index (χ2n) is 5.48. The first-order valence-electron chi connectivity index (χ1n) is 7.03. The molecule has 2 rings (SSSR count). The normalized spacial score (nSPS) is 18.2. The van der Waals surface area contributed by atoms with Gasteiger partial charge in [-0.3, -0.25) is 0 Å². The van der Waals surface area contributed by atoms with Crippen LogP contribution in [-0.2, 0) is 16.6 Å². The van der Waals surface area contributed by atoms with Gasteiger partial charge >= 0.3 is 0 Å². The van der Waals surface area contributed by atoms with Gasteiger partial charge in [-0.15, -0.1) is 11.3 Å². The predicted molar refractivity (Wildman–Crippen MR) is 90.2 cm³/mol. The van der Waals surface area contributed by atoms with E-state index < -0.39 is 10.0 Å². The van der Waals surface area contributed by atoms with Gasteiger partial charge in [-0.2, -0.15) is 0 Å². The number of nitrogens with zero attached hydrogens (tertiary/aromatic N) is 1. The summed E-state index contributed by atoms with van der Waals surface area (Å²) in [5, 5.41) is 3.03. The van der Waals surface area contributed by atoms with E-state index in [0.717, 1.165) is 30.8 Å². The Balaban J connectivity index is 1.98. The SMILES string of the molecule is CNCc1cc(S(=O)(=O)NCC2CCN(C)CC2)c(Br)s1. The lowest BCUT2D eigenvalue weighted by Crippen LogP contribution is -2.36. The van der Waals surface area contributed by atoms with Crippen molar-refractivity contribution in [2.45, 2.75) is 24.3 Å². The maximum absolute atomic E-state index is 12.4. The minimum atomic E-state index is -3.43. The third-order valence-electron chi connectivity index (χ3n) is 3.75. The average molecular weight is 396 g/mol. The molecule has 1 aromatic rings. The Morgan fingerprint density at radius 1 is 1.43 bits per heavy atom. The minimum Gasteiger partial charge on any atom is -0.315 e. The first-order valence-corrected chi connectivity index (χ1v) is 10.1. The van der Waals surface area contributed by atoms with E-state index in [2.05, 4.69) is 37.9 Å². The molecule has 2 N–H and O–H groups in total. The summed E-state index contributed by atoms with van der Waals surface area (Å²) >= 11 is 4.82. The Kier molecular flexibility index (Phi) is 6.22. The molecule has 1 fully saturated rings. The van der Waals surface area contributed by atoms with Crippen LogP contribution in [0.4, 0.5) is 0 Å². The molecular formula is C13H22BrN3O2S2. The quantitative estimate of drug-likeness (QED) is 0.771. The number of sulfonamides is 1. The van der Waals surface area contributed by atoms with Crippen molar-refractivity contribution in [2.24, 2.45) is 5.92 Å². The fourth-order valence-corrected chi connectivity index (χ4v) is 6.22. The van der Waals surface area contributed by atoms with Gasteiger partial charge in [-0.25, -0.2) is 13.1 Å². The second-order valence-corrected chi connectivity index (χ2v) is 9.67. The van der Waals surface area contributed by atoms with Gasteiger partial charge < -0.3 is 10.2 Å². The van der Waals surface area contributed by atoms with Crippen LogP contribution in [0.25, 0.3) is 0 Å². The fourth-order valence-electron chi connectivity index (χ4n) is 2.41. The van der Waals surface area contributed by atoms with Crippen LogP contribution in [0.1, 0.15) is 17.7 Å². The zero-order valence-electron chi connectivity index (χ0n) is 12.4. The van der Waals surface area contributed by atoms with Crippen LogP contribution in [0.5, 0.6) is 0 Å². The average Bonchev–Trinajstić information content (AvgIpc) is 2.80. The van der Waals surface area contributed by atoms with Crippen molar-refractivity contribution in [3.05, 3.63) is 14.7 Å². The summed E-state index contributed by atoms with van der Waals surface area (Å²) in [5.74, 6) is 0.435. The molecule has 0 spiro atoms. The summed E-state index contributed by atoms with van der Waals surface area (Å²) in [6, 6.07) is 1.74. The van der Waals surface area contributed by atoms with Crippen LogP contribution >= 0.6 is 27.3 Å². The number of hydrogen-bond donors (Lipinski definition) is 2. The second kappa shape index (κ2) is 7.52. The van der Waals surface area contributed by atoms with E-state index in [4.69, 9.17) is 0 Å². The molecule has 0 amide bonds. The van der Waals surface area contributed by atoms with E-state index in [1.807, 2.05) is 7.05 Å². The van der Waals surface area contributed by atoms with E-state index in [9.17, 15) is 8.42 Å². The van der Waals surface area contributed by atoms with Crippen LogP contribution in [0.2, 0.25) is 0 Å². The highest BCUT2D eigenvalue weighted by atomic mass is 79.9. The van der Waals surface area contributed by atoms with Gasteiger partial charge in [0.1, 0.15) is 4.90 Å². The monoisotopic (exact) mass is 395 g/mol. The maximum atomic E-state index is 12.4. The van der Waals surface area contributed by atoms with E-state index in [-0.39, 0.29) is 0 Å². The van der Waals surface area contributed by atoms with Crippen LogP contribution in [-0.4, -0.2) is 47.0 Å². The number of halogens is 1. The molecule has 8 heteroatoms. The van der Waals surface area contributed by atoms with Crippen LogP contribution in [0, 0.1) is 5.92 Å². The largest absolute Gasteiger partial charge is 0.315 e. The molecule has 1 aliphatic rings. The van der Waals surface area contributed by atoms with Gasteiger partial charge in [0.2, 0.25) is 10.0 Å². The number of nitrogens with one attached hydrogen (secondary N) is 2. The lowest BCUT2D eigenvalue weighted by molar-refractivity contribution is 0.220. The number of piperidine rings is 1. The van der Waals surface area contributed by atoms with Gasteiger partial charge in [0.25, 0.3) is 0 Å². The first-order chi connectivity index (χ1) is 9.92. The zero-order chi connectivity index (χ0) is 15.5. The smallest absolute Gasteiger partial charge is 0.242 e. The number of thiophene rings is 1. The van der Waals surface area contributed by atoms with Crippen molar-refractivity contribution in [1.82, 2.24) is 14.9 Å². The molecule has 1 aliphatic heterocycles. The molecule has 0 radical (unpaired) electrons. The summed E-state index contributed by atoms with van der Waals surface area (Å²) in [7, 11) is 0.522. The number of likely N-dealkylation sites (tertiary alicyclic amines) is 1. The van der Waals surface area contributed by atoms with Gasteiger partial charge in [-0.05, 0) is 67.9 Å². The molecule has 5 nitrogen and oxygen atoms in total. The van der Waals surface area contributed by atoms with Crippen LogP contribution in [0.3, 0.4) is 0 Å². The molecule has 0 unspecified atom stereocenters. The summed E-state index contributed by atoms with van der Waals surface area (Å²) in [4.78, 5) is 3.64. The molecule has 0 bridgehead atoms. The topological polar surface area (TPSA) is 61.4 Å². The highest BCUT2D eigenvalue weighted by Crippen LogP contribution is 2.31. The Labute approximate surface area is 139 Å². The Hall–Kier alpha value is 0.01000. The number of rotatable bonds is 6. The van der Waals surface area contributed by atoms with Crippen LogP contribution in [0.15, 0.2) is 14.7 Å². The van der Waals surface area contributed by atoms with E-state index in [0.29, 0.717) is 27.7 Å². The lowest BCUT2D eigenvalue weighted by Gasteiger charge is -2.28. The third-order valence-corrected chi connectivity index (χ3v) is 7.42. The molecule has 1 aromatic heterocycles. The maximum Gasteiger partial charge on any atom is 0.242 e. The highest BCUT2D eigenvalue weighted by Gasteiger charge is 2.23. The van der Waals surface area contributed by atoms with Crippen molar-refractivity contribution in [3.8, 4) is 0 Å². The standard InChI is InChI=1S/C13H22BrN3O2S2/c1-15-9-11-7-12(13(14)20-11)21(18,19)16-8-10-3-5-17(2)6-4-10/h7,10,15-16H,3-6,8-9H2,1-2H3. The van der Waals surface area contributed by atoms with Crippen molar-refractivity contribution >= 4 is 37.3 Å². The first kappa shape index (κ1) is 17.4. The molecule has 120 valence electrons. The van der Waals surface area contributed by atoms with E-state index in [1.54, 1.807) is 6.07 Å². The Bertz CT molecular complexity index is 566. The van der Waals surface area contributed by atoms with Crippen molar-refractivity contribution in [1.29, 1.82) is 0 Å². The zero-order valence-corrected chi connectivity index (χ0v) is 15.6. The van der Waals surface area contributed by atoms with Gasteiger partial charge in [-0.1, -0.05) is 0 Å². The molecule has 21 heavy (non-hydrogen) atoms. The molecular weight excluding hydrogens is 374 g/mol. The lowest BCUT2D eigenvalue weighted by atomic mass is 9.98. The van der Waals surface area contributed by atoms with E-state index in [1.165, 1.54) is 11.3 Å². The summed E-state index contributed by atoms with van der Waals surface area (Å²) in [6.07, 6.45) is 2.10. The Morgan fingerprint density at radius 2 is 2.10 bits per heavy atom. The molecule has 0 aromatic carbocycles. The summed E-state index contributed by atoms with van der Waals surface area (Å²) < 4.78 is 28.3. The van der Waals surface area contributed by atoms with Crippen molar-refractivity contribution < 1.29 is 8.42 Å². The number of hydrogen-bond acceptors (Lipinski definition) is 5. The summed E-state index contributed by atoms with van der Waals surface area (Å²) in [5.41, 5.74) is 0. The molecule has 1 saturated heterocycles. The van der Waals surface area contributed by atoms with Gasteiger partial charge in [0, 0.05) is 18.0 Å². The molecule has 0 atom stereocenters. The van der Waals surface area contributed by atoms with Gasteiger partial charge in [0.05, 0.1) is 3.79 Å². The van der Waals surface area contributed by atoms with E-state index >= 15 is 0 Å². The minimum absolute atomic E-state index is 0.352. The van der Waals surface area contributed by atoms with Crippen molar-refractivity contribution in [3.63, 3.8) is 0 Å². The molecule has 0 aliphatic carbocycles. The summed E-state index contributed by atoms with van der Waals surface area (Å²) in [6.45, 7) is 3.29. The third kappa shape index (κ3) is 4.74.